The Balaban J connectivity index is 1.50. The number of carbonyl (C=O) groups is 1. The van der Waals surface area contributed by atoms with Gasteiger partial charge in [-0.3, -0.25) is 4.79 Å². The van der Waals surface area contributed by atoms with E-state index in [0.717, 1.165) is 6.42 Å². The number of amides is 1. The number of aryl methyl sites for hydroxylation is 2. The number of para-hydroxylation sites is 1. The van der Waals surface area contributed by atoms with E-state index in [4.69, 9.17) is 16.3 Å². The number of fused-ring (bicyclic) bond motifs is 1. The molecular weight excluding hydrogens is 334 g/mol. The van der Waals surface area contributed by atoms with E-state index < -0.39 is 0 Å². The lowest BCUT2D eigenvalue weighted by molar-refractivity contribution is -0.122. The second kappa shape index (κ2) is 8.39. The summed E-state index contributed by atoms with van der Waals surface area (Å²) in [5.41, 5.74) is 4.06. The first-order chi connectivity index (χ1) is 12.1. The van der Waals surface area contributed by atoms with Crippen molar-refractivity contribution in [3.05, 3.63) is 64.2 Å². The minimum absolute atomic E-state index is 0.0000368. The highest BCUT2D eigenvalue weighted by molar-refractivity contribution is 6.32. The maximum absolute atomic E-state index is 12.2. The van der Waals surface area contributed by atoms with Crippen molar-refractivity contribution in [2.45, 2.75) is 45.1 Å². The molecule has 1 atom stereocenters. The molecule has 4 heteroatoms. The molecule has 3 nitrogen and oxygen atoms in total. The van der Waals surface area contributed by atoms with Gasteiger partial charge in [-0.25, -0.2) is 0 Å². The van der Waals surface area contributed by atoms with Crippen LogP contribution in [0.2, 0.25) is 5.02 Å². The average Bonchev–Trinajstić information content (AvgIpc) is 2.63. The molecule has 0 saturated heterocycles. The molecule has 1 unspecified atom stereocenters. The van der Waals surface area contributed by atoms with E-state index in [1.54, 1.807) is 12.1 Å². The minimum Gasteiger partial charge on any atom is -0.491 e. The highest BCUT2D eigenvalue weighted by Gasteiger charge is 2.14. The van der Waals surface area contributed by atoms with Gasteiger partial charge in [-0.1, -0.05) is 41.9 Å². The molecule has 25 heavy (non-hydrogen) atoms. The molecule has 0 fully saturated rings. The zero-order valence-corrected chi connectivity index (χ0v) is 15.3. The second-order valence-corrected chi connectivity index (χ2v) is 6.96. The van der Waals surface area contributed by atoms with E-state index in [1.165, 1.54) is 36.0 Å². The number of ether oxygens (including phenoxy) is 1. The van der Waals surface area contributed by atoms with Crippen LogP contribution in [0, 0.1) is 0 Å². The lowest BCUT2D eigenvalue weighted by atomic mass is 9.89. The number of hydrogen-bond donors (Lipinski definition) is 1. The van der Waals surface area contributed by atoms with Crippen LogP contribution >= 0.6 is 11.6 Å². The molecule has 1 N–H and O–H groups in total. The van der Waals surface area contributed by atoms with Crippen molar-refractivity contribution in [2.75, 3.05) is 6.61 Å². The molecule has 1 aliphatic carbocycles. The summed E-state index contributed by atoms with van der Waals surface area (Å²) in [5.74, 6) is 0.594. The fourth-order valence-electron chi connectivity index (χ4n) is 3.24. The summed E-state index contributed by atoms with van der Waals surface area (Å²) in [6.45, 7) is 2.34. The number of nitrogens with one attached hydrogen (secondary N) is 1. The number of hydrogen-bond acceptors (Lipinski definition) is 2. The zero-order chi connectivity index (χ0) is 17.6. The topological polar surface area (TPSA) is 38.3 Å². The smallest absolute Gasteiger partial charge is 0.223 e. The highest BCUT2D eigenvalue weighted by Crippen LogP contribution is 2.25. The predicted molar refractivity (Wildman–Crippen MR) is 101 cm³/mol. The van der Waals surface area contributed by atoms with Crippen molar-refractivity contribution in [1.29, 1.82) is 0 Å². The Morgan fingerprint density at radius 1 is 1.16 bits per heavy atom. The van der Waals surface area contributed by atoms with E-state index in [9.17, 15) is 4.79 Å². The SMILES string of the molecule is CC(NC(=O)CCOc1ccccc1Cl)c1ccc2c(c1)CCCC2. The molecule has 0 bridgehead atoms. The normalized spacial score (nSPS) is 14.5. The molecule has 3 rings (SSSR count). The maximum atomic E-state index is 12.2. The fraction of sp³-hybridized carbons (Fsp3) is 0.381. The van der Waals surface area contributed by atoms with Crippen molar-refractivity contribution in [3.63, 3.8) is 0 Å². The van der Waals surface area contributed by atoms with Crippen LogP contribution in [0.5, 0.6) is 5.75 Å². The van der Waals surface area contributed by atoms with Crippen LogP contribution in [-0.4, -0.2) is 12.5 Å². The molecule has 2 aromatic carbocycles. The molecule has 0 aliphatic heterocycles. The van der Waals surface area contributed by atoms with Crippen LogP contribution in [0.25, 0.3) is 0 Å². The van der Waals surface area contributed by atoms with Crippen molar-refractivity contribution in [2.24, 2.45) is 0 Å². The lowest BCUT2D eigenvalue weighted by Crippen LogP contribution is -2.28. The lowest BCUT2D eigenvalue weighted by Gasteiger charge is -2.20. The van der Waals surface area contributed by atoms with Crippen LogP contribution in [0.1, 0.15) is 48.9 Å². The number of halogens is 1. The van der Waals surface area contributed by atoms with Gasteiger partial charge >= 0.3 is 0 Å². The molecule has 132 valence electrons. The highest BCUT2D eigenvalue weighted by atomic mass is 35.5. The van der Waals surface area contributed by atoms with Gasteiger partial charge < -0.3 is 10.1 Å². The summed E-state index contributed by atoms with van der Waals surface area (Å²) in [5, 5.41) is 3.61. The zero-order valence-electron chi connectivity index (χ0n) is 14.6. The second-order valence-electron chi connectivity index (χ2n) is 6.55. The summed E-state index contributed by atoms with van der Waals surface area (Å²) in [4.78, 5) is 12.2. The first-order valence-corrected chi connectivity index (χ1v) is 9.29. The van der Waals surface area contributed by atoms with Crippen LogP contribution < -0.4 is 10.1 Å². The van der Waals surface area contributed by atoms with Gasteiger partial charge in [0, 0.05) is 0 Å². The summed E-state index contributed by atoms with van der Waals surface area (Å²) in [6, 6.07) is 13.9. The summed E-state index contributed by atoms with van der Waals surface area (Å²) >= 11 is 6.04. The van der Waals surface area contributed by atoms with Crippen molar-refractivity contribution >= 4 is 17.5 Å². The molecule has 0 aromatic heterocycles. The maximum Gasteiger partial charge on any atom is 0.223 e. The van der Waals surface area contributed by atoms with E-state index in [0.29, 0.717) is 23.8 Å². The van der Waals surface area contributed by atoms with Crippen LogP contribution in [0.3, 0.4) is 0 Å². The van der Waals surface area contributed by atoms with Crippen LogP contribution in [-0.2, 0) is 17.6 Å². The van der Waals surface area contributed by atoms with Crippen molar-refractivity contribution < 1.29 is 9.53 Å². The number of rotatable bonds is 6. The Hall–Kier alpha value is -2.00. The quantitative estimate of drug-likeness (QED) is 0.801. The van der Waals surface area contributed by atoms with Gasteiger partial charge in [0.1, 0.15) is 5.75 Å². The minimum atomic E-state index is -0.0164. The van der Waals surface area contributed by atoms with Crippen LogP contribution in [0.15, 0.2) is 42.5 Å². The van der Waals surface area contributed by atoms with E-state index >= 15 is 0 Å². The van der Waals surface area contributed by atoms with E-state index in [2.05, 4.69) is 23.5 Å². The molecule has 0 heterocycles. The average molecular weight is 358 g/mol. The number of carbonyl (C=O) groups excluding carboxylic acids is 1. The summed E-state index contributed by atoms with van der Waals surface area (Å²) < 4.78 is 5.58. The molecule has 0 radical (unpaired) electrons. The van der Waals surface area contributed by atoms with Gasteiger partial charge in [-0.05, 0) is 61.4 Å². The van der Waals surface area contributed by atoms with Gasteiger partial charge in [0.05, 0.1) is 24.1 Å². The standard InChI is InChI=1S/C21H24ClNO2/c1-15(17-11-10-16-6-2-3-7-18(16)14-17)23-21(24)12-13-25-20-9-5-4-8-19(20)22/h4-5,8-11,14-15H,2-3,6-7,12-13H2,1H3,(H,23,24). The molecule has 0 spiro atoms. The third-order valence-corrected chi connectivity index (χ3v) is 4.99. The van der Waals surface area contributed by atoms with E-state index in [-0.39, 0.29) is 11.9 Å². The third-order valence-electron chi connectivity index (χ3n) is 4.67. The van der Waals surface area contributed by atoms with Crippen molar-refractivity contribution in [3.8, 4) is 5.75 Å². The first kappa shape index (κ1) is 17.8. The molecule has 0 saturated carbocycles. The fourth-order valence-corrected chi connectivity index (χ4v) is 3.43. The van der Waals surface area contributed by atoms with Gasteiger partial charge in [0.2, 0.25) is 5.91 Å². The largest absolute Gasteiger partial charge is 0.491 e. The Bertz CT molecular complexity index is 744. The molecule has 1 aliphatic rings. The molecule has 2 aromatic rings. The Morgan fingerprint density at radius 3 is 2.72 bits per heavy atom. The predicted octanol–water partition coefficient (Wildman–Crippen LogP) is 4.87. The van der Waals surface area contributed by atoms with Gasteiger partial charge in [-0.2, -0.15) is 0 Å². The van der Waals surface area contributed by atoms with Gasteiger partial charge in [0.15, 0.2) is 0 Å². The number of benzene rings is 2. The third kappa shape index (κ3) is 4.76. The molecular formula is C21H24ClNO2. The Morgan fingerprint density at radius 2 is 1.92 bits per heavy atom. The monoisotopic (exact) mass is 357 g/mol. The van der Waals surface area contributed by atoms with Gasteiger partial charge in [-0.15, -0.1) is 0 Å². The summed E-state index contributed by atoms with van der Waals surface area (Å²) in [7, 11) is 0. The van der Waals surface area contributed by atoms with Gasteiger partial charge in [0.25, 0.3) is 0 Å². The van der Waals surface area contributed by atoms with Crippen molar-refractivity contribution in [1.82, 2.24) is 5.32 Å². The summed E-state index contributed by atoms with van der Waals surface area (Å²) in [6.07, 6.45) is 5.17. The first-order valence-electron chi connectivity index (χ1n) is 8.92. The van der Waals surface area contributed by atoms with Crippen LogP contribution in [0.4, 0.5) is 0 Å². The Labute approximate surface area is 154 Å². The van der Waals surface area contributed by atoms with E-state index in [1.807, 2.05) is 19.1 Å². The Kier molecular flexibility index (Phi) is 5.98. The molecule has 1 amide bonds.